The Balaban J connectivity index is 1.49. The van der Waals surface area contributed by atoms with Crippen molar-refractivity contribution in [2.45, 2.75) is 38.3 Å². The molecule has 2 unspecified atom stereocenters. The summed E-state index contributed by atoms with van der Waals surface area (Å²) in [6.45, 7) is 4.83. The first kappa shape index (κ1) is 13.6. The SMILES string of the molecule is Cc1ccccc1NC(=O)CNC1CCN2CCCC12. The van der Waals surface area contributed by atoms with E-state index in [0.29, 0.717) is 18.6 Å². The Labute approximate surface area is 120 Å². The van der Waals surface area contributed by atoms with E-state index in [0.717, 1.165) is 11.3 Å². The fraction of sp³-hybridized carbons (Fsp3) is 0.562. The van der Waals surface area contributed by atoms with Gasteiger partial charge in [0.2, 0.25) is 5.91 Å². The highest BCUT2D eigenvalue weighted by Gasteiger charge is 2.36. The van der Waals surface area contributed by atoms with E-state index in [1.54, 1.807) is 0 Å². The van der Waals surface area contributed by atoms with Crippen LogP contribution in [-0.4, -0.2) is 42.5 Å². The molecular weight excluding hydrogens is 250 g/mol. The molecule has 2 fully saturated rings. The molecule has 2 aliphatic rings. The Hall–Kier alpha value is -1.39. The van der Waals surface area contributed by atoms with Gasteiger partial charge in [0, 0.05) is 24.3 Å². The number of anilines is 1. The maximum absolute atomic E-state index is 12.0. The van der Waals surface area contributed by atoms with Gasteiger partial charge in [0.15, 0.2) is 0 Å². The van der Waals surface area contributed by atoms with Crippen LogP contribution in [0.1, 0.15) is 24.8 Å². The van der Waals surface area contributed by atoms with Gasteiger partial charge < -0.3 is 10.6 Å². The number of rotatable bonds is 4. The van der Waals surface area contributed by atoms with Gasteiger partial charge in [-0.1, -0.05) is 18.2 Å². The number of amides is 1. The zero-order chi connectivity index (χ0) is 13.9. The molecule has 0 spiro atoms. The fourth-order valence-electron chi connectivity index (χ4n) is 3.45. The standard InChI is InChI=1S/C16H23N3O/c1-12-5-2-3-6-13(12)18-16(20)11-17-14-8-10-19-9-4-7-15(14)19/h2-3,5-6,14-15,17H,4,7-11H2,1H3,(H,18,20). The number of hydrogen-bond donors (Lipinski definition) is 2. The second kappa shape index (κ2) is 5.94. The molecule has 2 atom stereocenters. The lowest BCUT2D eigenvalue weighted by Crippen LogP contribution is -2.42. The second-order valence-corrected chi connectivity index (χ2v) is 5.88. The van der Waals surface area contributed by atoms with Crippen LogP contribution in [0.4, 0.5) is 5.69 Å². The van der Waals surface area contributed by atoms with Crippen LogP contribution in [0.5, 0.6) is 0 Å². The number of nitrogens with one attached hydrogen (secondary N) is 2. The summed E-state index contributed by atoms with van der Waals surface area (Å²) >= 11 is 0. The third kappa shape index (κ3) is 2.86. The zero-order valence-electron chi connectivity index (χ0n) is 12.1. The molecule has 20 heavy (non-hydrogen) atoms. The first-order chi connectivity index (χ1) is 9.74. The van der Waals surface area contributed by atoms with Crippen LogP contribution < -0.4 is 10.6 Å². The maximum atomic E-state index is 12.0. The molecule has 0 aliphatic carbocycles. The van der Waals surface area contributed by atoms with E-state index in [9.17, 15) is 4.79 Å². The quantitative estimate of drug-likeness (QED) is 0.878. The highest BCUT2D eigenvalue weighted by atomic mass is 16.1. The number of para-hydroxylation sites is 1. The maximum Gasteiger partial charge on any atom is 0.238 e. The molecule has 2 aliphatic heterocycles. The van der Waals surface area contributed by atoms with Crippen LogP contribution in [0, 0.1) is 6.92 Å². The van der Waals surface area contributed by atoms with Gasteiger partial charge in [0.25, 0.3) is 0 Å². The number of carbonyl (C=O) groups excluding carboxylic acids is 1. The molecule has 4 nitrogen and oxygen atoms in total. The van der Waals surface area contributed by atoms with Crippen molar-refractivity contribution in [3.05, 3.63) is 29.8 Å². The summed E-state index contributed by atoms with van der Waals surface area (Å²) in [6, 6.07) is 9.03. The molecule has 0 aromatic heterocycles. The number of fused-ring (bicyclic) bond motifs is 1. The van der Waals surface area contributed by atoms with Gasteiger partial charge in [0.1, 0.15) is 0 Å². The molecule has 1 aromatic rings. The number of nitrogens with zero attached hydrogens (tertiary/aromatic N) is 1. The molecule has 0 bridgehead atoms. The summed E-state index contributed by atoms with van der Waals surface area (Å²) in [5.74, 6) is 0.0516. The van der Waals surface area contributed by atoms with Gasteiger partial charge >= 0.3 is 0 Å². The van der Waals surface area contributed by atoms with E-state index in [1.807, 2.05) is 31.2 Å². The summed E-state index contributed by atoms with van der Waals surface area (Å²) < 4.78 is 0. The zero-order valence-corrected chi connectivity index (χ0v) is 12.1. The molecule has 108 valence electrons. The second-order valence-electron chi connectivity index (χ2n) is 5.88. The molecule has 2 saturated heterocycles. The highest BCUT2D eigenvalue weighted by molar-refractivity contribution is 5.92. The monoisotopic (exact) mass is 273 g/mol. The van der Waals surface area contributed by atoms with Gasteiger partial charge in [-0.05, 0) is 44.4 Å². The molecule has 2 heterocycles. The minimum absolute atomic E-state index is 0.0516. The molecule has 1 aromatic carbocycles. The Morgan fingerprint density at radius 2 is 2.15 bits per heavy atom. The van der Waals surface area contributed by atoms with Gasteiger partial charge in [-0.2, -0.15) is 0 Å². The molecule has 0 radical (unpaired) electrons. The Morgan fingerprint density at radius 3 is 3.00 bits per heavy atom. The van der Waals surface area contributed by atoms with E-state index in [-0.39, 0.29) is 5.91 Å². The first-order valence-corrected chi connectivity index (χ1v) is 7.57. The van der Waals surface area contributed by atoms with Gasteiger partial charge in [-0.15, -0.1) is 0 Å². The van der Waals surface area contributed by atoms with Crippen LogP contribution in [0.2, 0.25) is 0 Å². The minimum Gasteiger partial charge on any atom is -0.325 e. The lowest BCUT2D eigenvalue weighted by molar-refractivity contribution is -0.115. The average molecular weight is 273 g/mol. The minimum atomic E-state index is 0.0516. The first-order valence-electron chi connectivity index (χ1n) is 7.57. The lowest BCUT2D eigenvalue weighted by Gasteiger charge is -2.21. The topological polar surface area (TPSA) is 44.4 Å². The van der Waals surface area contributed by atoms with Crippen molar-refractivity contribution in [2.75, 3.05) is 25.0 Å². The normalized spacial score (nSPS) is 25.6. The number of benzene rings is 1. The molecule has 2 N–H and O–H groups in total. The molecule has 0 saturated carbocycles. The molecule has 4 heteroatoms. The van der Waals surface area contributed by atoms with Crippen LogP contribution in [0.3, 0.4) is 0 Å². The predicted molar refractivity (Wildman–Crippen MR) is 80.8 cm³/mol. The van der Waals surface area contributed by atoms with Crippen LogP contribution in [0.15, 0.2) is 24.3 Å². The summed E-state index contributed by atoms with van der Waals surface area (Å²) in [4.78, 5) is 14.6. The lowest BCUT2D eigenvalue weighted by atomic mass is 10.1. The Morgan fingerprint density at radius 1 is 1.30 bits per heavy atom. The van der Waals surface area contributed by atoms with Crippen molar-refractivity contribution in [1.29, 1.82) is 0 Å². The third-order valence-corrected chi connectivity index (χ3v) is 4.55. The van der Waals surface area contributed by atoms with Gasteiger partial charge in [-0.25, -0.2) is 0 Å². The van der Waals surface area contributed by atoms with Crippen LogP contribution in [-0.2, 0) is 4.79 Å². The summed E-state index contributed by atoms with van der Waals surface area (Å²) in [7, 11) is 0. The predicted octanol–water partition coefficient (Wildman–Crippen LogP) is 1.76. The van der Waals surface area contributed by atoms with E-state index in [1.165, 1.54) is 32.4 Å². The van der Waals surface area contributed by atoms with Crippen molar-refractivity contribution in [2.24, 2.45) is 0 Å². The summed E-state index contributed by atoms with van der Waals surface area (Å²) in [6.07, 6.45) is 3.75. The van der Waals surface area contributed by atoms with E-state index >= 15 is 0 Å². The fourth-order valence-corrected chi connectivity index (χ4v) is 3.45. The molecule has 1 amide bonds. The number of aryl methyl sites for hydroxylation is 1. The Bertz CT molecular complexity index is 488. The van der Waals surface area contributed by atoms with E-state index in [4.69, 9.17) is 0 Å². The van der Waals surface area contributed by atoms with Crippen LogP contribution in [0.25, 0.3) is 0 Å². The van der Waals surface area contributed by atoms with Gasteiger partial charge in [-0.3, -0.25) is 9.69 Å². The van der Waals surface area contributed by atoms with Crippen molar-refractivity contribution >= 4 is 11.6 Å². The third-order valence-electron chi connectivity index (χ3n) is 4.55. The van der Waals surface area contributed by atoms with Crippen molar-refractivity contribution in [1.82, 2.24) is 10.2 Å². The van der Waals surface area contributed by atoms with Crippen molar-refractivity contribution < 1.29 is 4.79 Å². The molecular formula is C16H23N3O. The van der Waals surface area contributed by atoms with Crippen molar-refractivity contribution in [3.8, 4) is 0 Å². The number of carbonyl (C=O) groups is 1. The Kier molecular flexibility index (Phi) is 4.03. The summed E-state index contributed by atoms with van der Waals surface area (Å²) in [5.41, 5.74) is 2.01. The smallest absolute Gasteiger partial charge is 0.238 e. The largest absolute Gasteiger partial charge is 0.325 e. The number of hydrogen-bond acceptors (Lipinski definition) is 3. The van der Waals surface area contributed by atoms with E-state index < -0.39 is 0 Å². The van der Waals surface area contributed by atoms with Gasteiger partial charge in [0.05, 0.1) is 6.54 Å². The van der Waals surface area contributed by atoms with Crippen molar-refractivity contribution in [3.63, 3.8) is 0 Å². The molecule has 3 rings (SSSR count). The highest BCUT2D eigenvalue weighted by Crippen LogP contribution is 2.27. The summed E-state index contributed by atoms with van der Waals surface area (Å²) in [5, 5.41) is 6.42. The van der Waals surface area contributed by atoms with Crippen LogP contribution >= 0.6 is 0 Å². The van der Waals surface area contributed by atoms with E-state index in [2.05, 4.69) is 15.5 Å². The average Bonchev–Trinajstić information content (AvgIpc) is 3.02.